The lowest BCUT2D eigenvalue weighted by Crippen LogP contribution is -2.48. The largest absolute Gasteiger partial charge is 0.389 e. The Balaban J connectivity index is 2.43. The summed E-state index contributed by atoms with van der Waals surface area (Å²) in [7, 11) is 0. The van der Waals surface area contributed by atoms with Crippen LogP contribution < -0.4 is 10.6 Å². The zero-order chi connectivity index (χ0) is 13.3. The first-order chi connectivity index (χ1) is 8.50. The van der Waals surface area contributed by atoms with Crippen molar-refractivity contribution in [1.82, 2.24) is 4.98 Å². The van der Waals surface area contributed by atoms with Crippen molar-refractivity contribution in [3.05, 3.63) is 23.4 Å². The molecule has 1 fully saturated rings. The number of nitrogens with two attached hydrogens (primary N) is 1. The third kappa shape index (κ3) is 2.47. The number of morpholine rings is 1. The summed E-state index contributed by atoms with van der Waals surface area (Å²) >= 11 is 5.15. The van der Waals surface area contributed by atoms with Crippen LogP contribution in [-0.4, -0.2) is 35.3 Å². The molecule has 2 atom stereocenters. The quantitative estimate of drug-likeness (QED) is 0.824. The molecule has 0 aromatic carbocycles. The minimum Gasteiger partial charge on any atom is -0.389 e. The lowest BCUT2D eigenvalue weighted by molar-refractivity contribution is 0.0340. The average molecular weight is 265 g/mol. The van der Waals surface area contributed by atoms with Crippen molar-refractivity contribution in [2.75, 3.05) is 18.1 Å². The number of rotatable bonds is 2. The number of thiocarbonyl (C=S) groups is 1. The van der Waals surface area contributed by atoms with Crippen LogP contribution in [0.25, 0.3) is 0 Å². The predicted molar refractivity (Wildman–Crippen MR) is 77.1 cm³/mol. The molecule has 5 heteroatoms. The maximum Gasteiger partial charge on any atom is 0.139 e. The zero-order valence-electron chi connectivity index (χ0n) is 11.0. The van der Waals surface area contributed by atoms with E-state index >= 15 is 0 Å². The van der Waals surface area contributed by atoms with Crippen molar-refractivity contribution in [2.45, 2.75) is 32.9 Å². The van der Waals surface area contributed by atoms with Gasteiger partial charge in [-0.15, -0.1) is 0 Å². The van der Waals surface area contributed by atoms with Crippen LogP contribution in [0.3, 0.4) is 0 Å². The van der Waals surface area contributed by atoms with E-state index in [1.807, 2.05) is 13.0 Å². The molecule has 0 amide bonds. The number of anilines is 1. The van der Waals surface area contributed by atoms with Crippen molar-refractivity contribution in [3.8, 4) is 0 Å². The first-order valence-corrected chi connectivity index (χ1v) is 6.55. The molecule has 1 aliphatic heterocycles. The van der Waals surface area contributed by atoms with Crippen molar-refractivity contribution in [2.24, 2.45) is 5.73 Å². The number of hydrogen-bond acceptors (Lipinski definition) is 4. The fourth-order valence-electron chi connectivity index (χ4n) is 2.26. The molecule has 98 valence electrons. The number of aryl methyl sites for hydroxylation is 1. The Hall–Kier alpha value is -1.20. The fourth-order valence-corrected chi connectivity index (χ4v) is 2.52. The Bertz CT molecular complexity index is 464. The summed E-state index contributed by atoms with van der Waals surface area (Å²) < 4.78 is 5.64. The Morgan fingerprint density at radius 3 is 2.94 bits per heavy atom. The summed E-state index contributed by atoms with van der Waals surface area (Å²) in [6, 6.07) is 2.22. The van der Waals surface area contributed by atoms with Crippen LogP contribution in [0.15, 0.2) is 12.3 Å². The van der Waals surface area contributed by atoms with E-state index in [-0.39, 0.29) is 12.1 Å². The number of hydrogen-bond donors (Lipinski definition) is 1. The van der Waals surface area contributed by atoms with Gasteiger partial charge in [0.2, 0.25) is 0 Å². The van der Waals surface area contributed by atoms with E-state index in [4.69, 9.17) is 22.7 Å². The Kier molecular flexibility index (Phi) is 3.82. The summed E-state index contributed by atoms with van der Waals surface area (Å²) in [6.45, 7) is 7.71. The standard InChI is InChI=1S/C13H19N3OS/c1-8-4-5-15-13(11(8)12(14)18)16-6-10(3)17-7-9(16)2/h4-5,9-10H,6-7H2,1-3H3,(H2,14,18). The van der Waals surface area contributed by atoms with Gasteiger partial charge in [-0.25, -0.2) is 4.98 Å². The third-order valence-electron chi connectivity index (χ3n) is 3.27. The summed E-state index contributed by atoms with van der Waals surface area (Å²) in [6.07, 6.45) is 2.00. The van der Waals surface area contributed by atoms with Crippen LogP contribution in [0, 0.1) is 6.92 Å². The fraction of sp³-hybridized carbons (Fsp3) is 0.538. The van der Waals surface area contributed by atoms with Gasteiger partial charge < -0.3 is 15.4 Å². The maximum absolute atomic E-state index is 5.84. The molecule has 0 radical (unpaired) electrons. The molecule has 0 saturated carbocycles. The monoisotopic (exact) mass is 265 g/mol. The number of ether oxygens (including phenoxy) is 1. The normalized spacial score (nSPS) is 24.1. The molecule has 1 saturated heterocycles. The molecule has 2 unspecified atom stereocenters. The van der Waals surface area contributed by atoms with E-state index in [2.05, 4.69) is 23.7 Å². The summed E-state index contributed by atoms with van der Waals surface area (Å²) in [4.78, 5) is 7.11. The molecular formula is C13H19N3OS. The van der Waals surface area contributed by atoms with Crippen molar-refractivity contribution in [3.63, 3.8) is 0 Å². The van der Waals surface area contributed by atoms with Gasteiger partial charge in [-0.2, -0.15) is 0 Å². The van der Waals surface area contributed by atoms with Gasteiger partial charge in [0.25, 0.3) is 0 Å². The van der Waals surface area contributed by atoms with Crippen molar-refractivity contribution in [1.29, 1.82) is 0 Å². The number of pyridine rings is 1. The molecule has 2 heterocycles. The second-order valence-electron chi connectivity index (χ2n) is 4.84. The second kappa shape index (κ2) is 5.20. The highest BCUT2D eigenvalue weighted by atomic mass is 32.1. The SMILES string of the molecule is Cc1ccnc(N2CC(C)OCC2C)c1C(N)=S. The van der Waals surface area contributed by atoms with Gasteiger partial charge >= 0.3 is 0 Å². The van der Waals surface area contributed by atoms with Crippen LogP contribution in [0.2, 0.25) is 0 Å². The summed E-state index contributed by atoms with van der Waals surface area (Å²) in [5, 5.41) is 0. The number of nitrogens with zero attached hydrogens (tertiary/aromatic N) is 2. The highest BCUT2D eigenvalue weighted by Crippen LogP contribution is 2.25. The smallest absolute Gasteiger partial charge is 0.139 e. The topological polar surface area (TPSA) is 51.4 Å². The molecule has 0 bridgehead atoms. The van der Waals surface area contributed by atoms with Gasteiger partial charge in [-0.3, -0.25) is 0 Å². The molecule has 1 aliphatic rings. The summed E-state index contributed by atoms with van der Waals surface area (Å²) in [5.41, 5.74) is 7.79. The van der Waals surface area contributed by atoms with Gasteiger partial charge in [0.05, 0.1) is 24.3 Å². The lowest BCUT2D eigenvalue weighted by Gasteiger charge is -2.38. The van der Waals surface area contributed by atoms with Gasteiger partial charge in [0.1, 0.15) is 10.8 Å². The maximum atomic E-state index is 5.84. The minimum absolute atomic E-state index is 0.197. The predicted octanol–water partition coefficient (Wildman–Crippen LogP) is 1.64. The molecule has 0 spiro atoms. The average Bonchev–Trinajstić information content (AvgIpc) is 2.31. The molecule has 18 heavy (non-hydrogen) atoms. The van der Waals surface area contributed by atoms with Crippen LogP contribution in [0.1, 0.15) is 25.0 Å². The highest BCUT2D eigenvalue weighted by molar-refractivity contribution is 7.80. The van der Waals surface area contributed by atoms with Crippen molar-refractivity contribution >= 4 is 23.0 Å². The van der Waals surface area contributed by atoms with Crippen LogP contribution in [0.4, 0.5) is 5.82 Å². The number of aromatic nitrogens is 1. The molecule has 2 rings (SSSR count). The van der Waals surface area contributed by atoms with E-state index in [0.29, 0.717) is 11.6 Å². The molecule has 1 aromatic heterocycles. The summed E-state index contributed by atoms with van der Waals surface area (Å²) in [5.74, 6) is 0.880. The first-order valence-electron chi connectivity index (χ1n) is 6.14. The van der Waals surface area contributed by atoms with Gasteiger partial charge in [0.15, 0.2) is 0 Å². The second-order valence-corrected chi connectivity index (χ2v) is 5.28. The third-order valence-corrected chi connectivity index (χ3v) is 3.47. The Labute approximate surface area is 113 Å². The molecule has 0 aliphatic carbocycles. The van der Waals surface area contributed by atoms with Gasteiger partial charge in [0, 0.05) is 12.7 Å². The minimum atomic E-state index is 0.197. The van der Waals surface area contributed by atoms with E-state index < -0.39 is 0 Å². The lowest BCUT2D eigenvalue weighted by atomic mass is 10.1. The molecule has 1 aromatic rings. The Morgan fingerprint density at radius 2 is 2.28 bits per heavy atom. The Morgan fingerprint density at radius 1 is 1.56 bits per heavy atom. The highest BCUT2D eigenvalue weighted by Gasteiger charge is 2.27. The van der Waals surface area contributed by atoms with E-state index in [1.54, 1.807) is 6.20 Å². The van der Waals surface area contributed by atoms with Crippen LogP contribution >= 0.6 is 12.2 Å². The first kappa shape index (κ1) is 13.2. The molecular weight excluding hydrogens is 246 g/mol. The van der Waals surface area contributed by atoms with E-state index in [1.165, 1.54) is 0 Å². The molecule has 4 nitrogen and oxygen atoms in total. The molecule has 2 N–H and O–H groups in total. The van der Waals surface area contributed by atoms with E-state index in [9.17, 15) is 0 Å². The van der Waals surface area contributed by atoms with Crippen LogP contribution in [-0.2, 0) is 4.74 Å². The van der Waals surface area contributed by atoms with Crippen LogP contribution in [0.5, 0.6) is 0 Å². The van der Waals surface area contributed by atoms with Gasteiger partial charge in [-0.1, -0.05) is 12.2 Å². The van der Waals surface area contributed by atoms with Crippen molar-refractivity contribution < 1.29 is 4.74 Å². The van der Waals surface area contributed by atoms with E-state index in [0.717, 1.165) is 23.5 Å². The zero-order valence-corrected chi connectivity index (χ0v) is 11.8. The van der Waals surface area contributed by atoms with Gasteiger partial charge in [-0.05, 0) is 32.4 Å².